The van der Waals surface area contributed by atoms with Crippen molar-refractivity contribution in [3.05, 3.63) is 11.9 Å². The van der Waals surface area contributed by atoms with Crippen LogP contribution in [-0.2, 0) is 32.2 Å². The van der Waals surface area contributed by atoms with Crippen LogP contribution in [0.25, 0.3) is 0 Å². The average Bonchev–Trinajstić information content (AvgIpc) is 3.57. The summed E-state index contributed by atoms with van der Waals surface area (Å²) in [5.41, 5.74) is 0.611. The first-order valence-electron chi connectivity index (χ1n) is 20.6. The fourth-order valence-electron chi connectivity index (χ4n) is 6.22. The molecule has 1 N–H and O–H groups in total. The minimum absolute atomic E-state index is 0.0330. The van der Waals surface area contributed by atoms with Crippen LogP contribution in [0.4, 0.5) is 0 Å². The van der Waals surface area contributed by atoms with E-state index in [1.807, 2.05) is 10.9 Å². The summed E-state index contributed by atoms with van der Waals surface area (Å²) in [5.74, 6) is -0.0660. The molecule has 0 aliphatic heterocycles. The summed E-state index contributed by atoms with van der Waals surface area (Å²) in [6.07, 6.45) is 32.2. The Bertz CT molecular complexity index is 835. The predicted octanol–water partition coefficient (Wildman–Crippen LogP) is 9.73. The Morgan fingerprint density at radius 1 is 0.592 bits per heavy atom. The lowest BCUT2D eigenvalue weighted by molar-refractivity contribution is -0.144. The van der Waals surface area contributed by atoms with E-state index in [4.69, 9.17) is 9.47 Å². The summed E-state index contributed by atoms with van der Waals surface area (Å²) in [5, 5.41) is 17.4. The van der Waals surface area contributed by atoms with Crippen LogP contribution in [0.1, 0.15) is 193 Å². The number of aliphatic hydroxyl groups excluding tert-OH is 1. The first kappa shape index (κ1) is 45.0. The fourth-order valence-corrected chi connectivity index (χ4v) is 6.22. The van der Waals surface area contributed by atoms with Gasteiger partial charge in [0.2, 0.25) is 0 Å². The van der Waals surface area contributed by atoms with E-state index >= 15 is 0 Å². The van der Waals surface area contributed by atoms with Gasteiger partial charge in [-0.3, -0.25) is 14.3 Å². The second-order valence-electron chi connectivity index (χ2n) is 14.0. The standard InChI is InChI=1S/C40H76N4O5/c1-3-5-7-9-11-19-25-34-48-39(46)28-21-15-13-17-23-30-43(32-27-33-44-36-38(37-45)41-42-44)31-24-18-14-16-22-29-40(47)49-35-26-20-12-10-8-6-4-2/h36,45H,3-35,37H2,1-2H3. The molecule has 0 saturated heterocycles. The van der Waals surface area contributed by atoms with Crippen LogP contribution in [0.2, 0.25) is 0 Å². The molecule has 1 aromatic heterocycles. The van der Waals surface area contributed by atoms with Gasteiger partial charge in [-0.15, -0.1) is 5.10 Å². The van der Waals surface area contributed by atoms with Gasteiger partial charge in [-0.25, -0.2) is 0 Å². The summed E-state index contributed by atoms with van der Waals surface area (Å²) in [6.45, 7) is 9.55. The van der Waals surface area contributed by atoms with Crippen LogP contribution in [0.15, 0.2) is 6.20 Å². The normalized spacial score (nSPS) is 11.4. The molecule has 0 atom stereocenters. The molecule has 0 aliphatic rings. The third-order valence-corrected chi connectivity index (χ3v) is 9.34. The first-order chi connectivity index (χ1) is 24.1. The summed E-state index contributed by atoms with van der Waals surface area (Å²) in [7, 11) is 0. The molecule has 1 rings (SSSR count). The molecular formula is C40H76N4O5. The van der Waals surface area contributed by atoms with E-state index < -0.39 is 0 Å². The SMILES string of the molecule is CCCCCCCCCOC(=O)CCCCCCCN(CCCCCCCC(=O)OCCCCCCCCC)CCCn1cc(CO)nn1. The number of unbranched alkanes of at least 4 members (excludes halogenated alkanes) is 20. The van der Waals surface area contributed by atoms with Gasteiger partial charge in [-0.2, -0.15) is 0 Å². The zero-order valence-electron chi connectivity index (χ0n) is 32.0. The highest BCUT2D eigenvalue weighted by Gasteiger charge is 2.08. The number of hydrogen-bond acceptors (Lipinski definition) is 8. The van der Waals surface area contributed by atoms with E-state index in [2.05, 4.69) is 29.1 Å². The molecule has 0 radical (unpaired) electrons. The zero-order chi connectivity index (χ0) is 35.5. The van der Waals surface area contributed by atoms with E-state index in [9.17, 15) is 14.7 Å². The highest BCUT2D eigenvalue weighted by Crippen LogP contribution is 2.12. The van der Waals surface area contributed by atoms with Crippen molar-refractivity contribution in [3.63, 3.8) is 0 Å². The number of ether oxygens (including phenoxy) is 2. The number of aryl methyl sites for hydroxylation is 1. The monoisotopic (exact) mass is 693 g/mol. The molecule has 9 nitrogen and oxygen atoms in total. The van der Waals surface area contributed by atoms with Gasteiger partial charge in [0.05, 0.1) is 26.0 Å². The van der Waals surface area contributed by atoms with E-state index in [1.54, 1.807) is 0 Å². The molecule has 1 heterocycles. The number of nitrogens with zero attached hydrogens (tertiary/aromatic N) is 4. The summed E-state index contributed by atoms with van der Waals surface area (Å²) in [4.78, 5) is 26.7. The third-order valence-electron chi connectivity index (χ3n) is 9.34. The number of aliphatic hydroxyl groups is 1. The molecule has 0 aliphatic carbocycles. The van der Waals surface area contributed by atoms with Crippen molar-refractivity contribution in [1.82, 2.24) is 19.9 Å². The number of aromatic nitrogens is 3. The van der Waals surface area contributed by atoms with Gasteiger partial charge in [-0.05, 0) is 64.6 Å². The minimum Gasteiger partial charge on any atom is -0.466 e. The van der Waals surface area contributed by atoms with Crippen molar-refractivity contribution in [2.75, 3.05) is 32.8 Å². The van der Waals surface area contributed by atoms with Gasteiger partial charge in [0.25, 0.3) is 0 Å². The van der Waals surface area contributed by atoms with Gasteiger partial charge >= 0.3 is 11.9 Å². The lowest BCUT2D eigenvalue weighted by Gasteiger charge is -2.22. The van der Waals surface area contributed by atoms with Crippen LogP contribution in [0.3, 0.4) is 0 Å². The molecule has 0 fully saturated rings. The highest BCUT2D eigenvalue weighted by molar-refractivity contribution is 5.69. The molecule has 0 bridgehead atoms. The number of rotatable bonds is 37. The Morgan fingerprint density at radius 3 is 1.45 bits per heavy atom. The van der Waals surface area contributed by atoms with Gasteiger partial charge < -0.3 is 19.5 Å². The first-order valence-corrected chi connectivity index (χ1v) is 20.6. The highest BCUT2D eigenvalue weighted by atomic mass is 16.5. The van der Waals surface area contributed by atoms with E-state index in [1.165, 1.54) is 89.9 Å². The smallest absolute Gasteiger partial charge is 0.305 e. The van der Waals surface area contributed by atoms with Crippen molar-refractivity contribution in [3.8, 4) is 0 Å². The summed E-state index contributed by atoms with van der Waals surface area (Å²) in [6, 6.07) is 0. The zero-order valence-corrected chi connectivity index (χ0v) is 32.0. The van der Waals surface area contributed by atoms with Gasteiger partial charge in [0, 0.05) is 19.4 Å². The molecule has 0 aromatic carbocycles. The van der Waals surface area contributed by atoms with Crippen LogP contribution < -0.4 is 0 Å². The van der Waals surface area contributed by atoms with E-state index in [0.717, 1.165) is 96.8 Å². The Morgan fingerprint density at radius 2 is 1.00 bits per heavy atom. The lowest BCUT2D eigenvalue weighted by atomic mass is 10.1. The molecule has 0 amide bonds. The maximum absolute atomic E-state index is 12.0. The Hall–Kier alpha value is -2.00. The molecule has 0 unspecified atom stereocenters. The predicted molar refractivity (Wildman–Crippen MR) is 200 cm³/mol. The van der Waals surface area contributed by atoms with Crippen molar-refractivity contribution in [2.45, 2.75) is 200 Å². The minimum atomic E-state index is -0.0764. The van der Waals surface area contributed by atoms with Gasteiger partial charge in [0.15, 0.2) is 0 Å². The van der Waals surface area contributed by atoms with Crippen LogP contribution >= 0.6 is 0 Å². The van der Waals surface area contributed by atoms with E-state index in [-0.39, 0.29) is 18.5 Å². The number of hydrogen-bond donors (Lipinski definition) is 1. The van der Waals surface area contributed by atoms with Crippen LogP contribution in [-0.4, -0.2) is 69.8 Å². The molecule has 0 saturated carbocycles. The Labute approximate surface area is 300 Å². The van der Waals surface area contributed by atoms with Crippen LogP contribution in [0, 0.1) is 0 Å². The summed E-state index contributed by atoms with van der Waals surface area (Å²) >= 11 is 0. The second-order valence-corrected chi connectivity index (χ2v) is 14.0. The largest absolute Gasteiger partial charge is 0.466 e. The molecule has 286 valence electrons. The van der Waals surface area contributed by atoms with Crippen molar-refractivity contribution < 1.29 is 24.2 Å². The molecule has 9 heteroatoms. The summed E-state index contributed by atoms with van der Waals surface area (Å²) < 4.78 is 12.7. The second kappa shape index (κ2) is 34.4. The number of esters is 2. The lowest BCUT2D eigenvalue weighted by Crippen LogP contribution is -2.28. The van der Waals surface area contributed by atoms with Crippen molar-refractivity contribution in [1.29, 1.82) is 0 Å². The molecule has 1 aromatic rings. The van der Waals surface area contributed by atoms with Gasteiger partial charge in [-0.1, -0.05) is 135 Å². The number of carbonyl (C=O) groups excluding carboxylic acids is 2. The average molecular weight is 693 g/mol. The third kappa shape index (κ3) is 29.4. The number of carbonyl (C=O) groups is 2. The maximum Gasteiger partial charge on any atom is 0.305 e. The Kier molecular flexibility index (Phi) is 31.7. The van der Waals surface area contributed by atoms with E-state index in [0.29, 0.717) is 31.7 Å². The van der Waals surface area contributed by atoms with Crippen molar-refractivity contribution in [2.24, 2.45) is 0 Å². The molecule has 0 spiro atoms. The Balaban J connectivity index is 2.14. The maximum atomic E-state index is 12.0. The quantitative estimate of drug-likeness (QED) is 0.0543. The molecular weight excluding hydrogens is 616 g/mol. The van der Waals surface area contributed by atoms with Crippen LogP contribution in [0.5, 0.6) is 0 Å². The van der Waals surface area contributed by atoms with Gasteiger partial charge in [0.1, 0.15) is 5.69 Å². The fraction of sp³-hybridized carbons (Fsp3) is 0.900. The van der Waals surface area contributed by atoms with Crippen molar-refractivity contribution >= 4 is 11.9 Å². The molecule has 49 heavy (non-hydrogen) atoms. The topological polar surface area (TPSA) is 107 Å².